The van der Waals surface area contributed by atoms with Crippen LogP contribution in [-0.4, -0.2) is 25.0 Å². The van der Waals surface area contributed by atoms with Crippen LogP contribution in [0.4, 0.5) is 0 Å². The highest BCUT2D eigenvalue weighted by atomic mass is 32.2. The largest absolute Gasteiger partial charge is 0.462 e. The van der Waals surface area contributed by atoms with Gasteiger partial charge in [-0.2, -0.15) is 0 Å². The van der Waals surface area contributed by atoms with Gasteiger partial charge >= 0.3 is 5.97 Å². The maximum absolute atomic E-state index is 13.4. The van der Waals surface area contributed by atoms with Crippen LogP contribution in [0, 0.1) is 20.8 Å². The number of benzene rings is 2. The zero-order valence-corrected chi connectivity index (χ0v) is 17.2. The number of hydrogen-bond acceptors (Lipinski definition) is 4. The SMILES string of the molecule is CCOC(=O)c1c(-c2ccccc2)c(C)n(S(=O)(=O)c2ccc(C)cc2)c1C. The molecule has 0 aliphatic heterocycles. The van der Waals surface area contributed by atoms with E-state index in [9.17, 15) is 13.2 Å². The first-order valence-corrected chi connectivity index (χ1v) is 10.5. The van der Waals surface area contributed by atoms with Gasteiger partial charge in [0, 0.05) is 17.0 Å². The van der Waals surface area contributed by atoms with Crippen molar-refractivity contribution in [1.29, 1.82) is 0 Å². The molecule has 0 amide bonds. The van der Waals surface area contributed by atoms with Crippen LogP contribution in [0.3, 0.4) is 0 Å². The van der Waals surface area contributed by atoms with Crippen molar-refractivity contribution in [2.45, 2.75) is 32.6 Å². The van der Waals surface area contributed by atoms with Gasteiger partial charge in [-0.15, -0.1) is 0 Å². The molecule has 0 aliphatic carbocycles. The van der Waals surface area contributed by atoms with Crippen molar-refractivity contribution in [2.75, 3.05) is 6.61 Å². The van der Waals surface area contributed by atoms with Crippen molar-refractivity contribution in [3.8, 4) is 11.1 Å². The maximum Gasteiger partial charge on any atom is 0.340 e. The summed E-state index contributed by atoms with van der Waals surface area (Å²) in [6.07, 6.45) is 0. The standard InChI is InChI=1S/C22H23NO4S/c1-5-27-22(24)21-17(4)23(16(3)20(21)18-9-7-6-8-10-18)28(25,26)19-13-11-15(2)12-14-19/h6-14H,5H2,1-4H3. The highest BCUT2D eigenvalue weighted by Gasteiger charge is 2.31. The molecule has 0 saturated heterocycles. The molecule has 6 heteroatoms. The molecule has 1 heterocycles. The molecule has 0 radical (unpaired) electrons. The molecule has 146 valence electrons. The first-order valence-electron chi connectivity index (χ1n) is 9.05. The molecule has 5 nitrogen and oxygen atoms in total. The molecule has 0 N–H and O–H groups in total. The second kappa shape index (κ2) is 7.64. The Hall–Kier alpha value is -2.86. The molecule has 0 aliphatic rings. The van der Waals surface area contributed by atoms with Crippen molar-refractivity contribution in [3.05, 3.63) is 77.1 Å². The van der Waals surface area contributed by atoms with Crippen molar-refractivity contribution in [3.63, 3.8) is 0 Å². The van der Waals surface area contributed by atoms with Crippen LogP contribution < -0.4 is 0 Å². The summed E-state index contributed by atoms with van der Waals surface area (Å²) in [5.41, 5.74) is 3.41. The third-order valence-electron chi connectivity index (χ3n) is 4.68. The Labute approximate surface area is 165 Å². The van der Waals surface area contributed by atoms with Crippen LogP contribution in [0.1, 0.15) is 34.2 Å². The van der Waals surface area contributed by atoms with Crippen LogP contribution in [0.5, 0.6) is 0 Å². The first-order chi connectivity index (χ1) is 13.3. The average Bonchev–Trinajstić information content (AvgIpc) is 2.94. The fourth-order valence-corrected chi connectivity index (χ4v) is 5.00. The summed E-state index contributed by atoms with van der Waals surface area (Å²) in [5, 5.41) is 0. The lowest BCUT2D eigenvalue weighted by Crippen LogP contribution is -2.17. The molecule has 28 heavy (non-hydrogen) atoms. The van der Waals surface area contributed by atoms with Crippen LogP contribution >= 0.6 is 0 Å². The number of aryl methyl sites for hydroxylation is 1. The van der Waals surface area contributed by atoms with E-state index in [1.807, 2.05) is 37.3 Å². The molecule has 1 aromatic heterocycles. The predicted molar refractivity (Wildman–Crippen MR) is 109 cm³/mol. The molecular weight excluding hydrogens is 374 g/mol. The van der Waals surface area contributed by atoms with Crippen molar-refractivity contribution in [2.24, 2.45) is 0 Å². The van der Waals surface area contributed by atoms with Gasteiger partial charge < -0.3 is 4.74 Å². The summed E-state index contributed by atoms with van der Waals surface area (Å²) in [6, 6.07) is 16.0. The second-order valence-electron chi connectivity index (χ2n) is 6.59. The molecule has 2 aromatic carbocycles. The van der Waals surface area contributed by atoms with E-state index >= 15 is 0 Å². The van der Waals surface area contributed by atoms with E-state index < -0.39 is 16.0 Å². The van der Waals surface area contributed by atoms with Crippen LogP contribution in [0.2, 0.25) is 0 Å². The smallest absolute Gasteiger partial charge is 0.340 e. The van der Waals surface area contributed by atoms with E-state index in [2.05, 4.69) is 0 Å². The van der Waals surface area contributed by atoms with Gasteiger partial charge in [-0.1, -0.05) is 48.0 Å². The Bertz CT molecular complexity index is 1110. The van der Waals surface area contributed by atoms with E-state index in [4.69, 9.17) is 4.74 Å². The molecule has 0 atom stereocenters. The number of ether oxygens (including phenoxy) is 1. The maximum atomic E-state index is 13.4. The monoisotopic (exact) mass is 397 g/mol. The molecule has 0 fully saturated rings. The minimum Gasteiger partial charge on any atom is -0.462 e. The minimum absolute atomic E-state index is 0.175. The second-order valence-corrected chi connectivity index (χ2v) is 8.38. The molecular formula is C22H23NO4S. The van der Waals surface area contributed by atoms with Crippen molar-refractivity contribution >= 4 is 16.0 Å². The molecule has 0 spiro atoms. The number of rotatable bonds is 5. The zero-order chi connectivity index (χ0) is 20.5. The van der Waals surface area contributed by atoms with E-state index in [-0.39, 0.29) is 17.1 Å². The van der Waals surface area contributed by atoms with Crippen molar-refractivity contribution < 1.29 is 17.9 Å². The average molecular weight is 397 g/mol. The normalized spacial score (nSPS) is 11.4. The summed E-state index contributed by atoms with van der Waals surface area (Å²) in [5.74, 6) is -0.528. The van der Waals surface area contributed by atoms with Gasteiger partial charge in [0.05, 0.1) is 17.1 Å². The highest BCUT2D eigenvalue weighted by molar-refractivity contribution is 7.90. The summed E-state index contributed by atoms with van der Waals surface area (Å²) in [6.45, 7) is 7.18. The van der Waals surface area contributed by atoms with Crippen LogP contribution in [0.25, 0.3) is 11.1 Å². The summed E-state index contributed by atoms with van der Waals surface area (Å²) in [7, 11) is -3.87. The Balaban J connectivity index is 2.32. The molecule has 0 saturated carbocycles. The fourth-order valence-electron chi connectivity index (χ4n) is 3.40. The summed E-state index contributed by atoms with van der Waals surface area (Å²) in [4.78, 5) is 12.9. The Kier molecular flexibility index (Phi) is 5.42. The van der Waals surface area contributed by atoms with Crippen molar-refractivity contribution in [1.82, 2.24) is 3.97 Å². The van der Waals surface area contributed by atoms with Gasteiger partial charge in [-0.25, -0.2) is 17.2 Å². The lowest BCUT2D eigenvalue weighted by atomic mass is 10.0. The number of carbonyl (C=O) groups excluding carboxylic acids is 1. The Morgan fingerprint density at radius 3 is 2.11 bits per heavy atom. The number of hydrogen-bond donors (Lipinski definition) is 0. The topological polar surface area (TPSA) is 65.4 Å². The fraction of sp³-hybridized carbons (Fsp3) is 0.227. The molecule has 3 aromatic rings. The predicted octanol–water partition coefficient (Wildman–Crippen LogP) is 4.49. The van der Waals surface area contributed by atoms with E-state index in [1.54, 1.807) is 45.0 Å². The van der Waals surface area contributed by atoms with Gasteiger partial charge in [-0.3, -0.25) is 0 Å². The van der Waals surface area contributed by atoms with Gasteiger partial charge in [-0.05, 0) is 45.4 Å². The number of esters is 1. The lowest BCUT2D eigenvalue weighted by Gasteiger charge is -2.11. The quantitative estimate of drug-likeness (QED) is 0.595. The minimum atomic E-state index is -3.87. The third-order valence-corrected chi connectivity index (χ3v) is 6.58. The van der Waals surface area contributed by atoms with E-state index in [0.717, 1.165) is 11.1 Å². The zero-order valence-electron chi connectivity index (χ0n) is 16.4. The van der Waals surface area contributed by atoms with E-state index in [1.165, 1.54) is 3.97 Å². The Morgan fingerprint density at radius 1 is 0.929 bits per heavy atom. The highest BCUT2D eigenvalue weighted by Crippen LogP contribution is 2.35. The van der Waals surface area contributed by atoms with Crippen LogP contribution in [0.15, 0.2) is 59.5 Å². The van der Waals surface area contributed by atoms with E-state index in [0.29, 0.717) is 17.0 Å². The first kappa shape index (κ1) is 19.9. The third kappa shape index (κ3) is 3.36. The van der Waals surface area contributed by atoms with Crippen LogP contribution in [-0.2, 0) is 14.8 Å². The molecule has 3 rings (SSSR count). The lowest BCUT2D eigenvalue weighted by molar-refractivity contribution is 0.0526. The summed E-state index contributed by atoms with van der Waals surface area (Å²) >= 11 is 0. The molecule has 0 unspecified atom stereocenters. The Morgan fingerprint density at radius 2 is 1.54 bits per heavy atom. The number of aromatic nitrogens is 1. The van der Waals surface area contributed by atoms with Gasteiger partial charge in [0.1, 0.15) is 0 Å². The number of nitrogens with zero attached hydrogens (tertiary/aromatic N) is 1. The molecule has 0 bridgehead atoms. The summed E-state index contributed by atoms with van der Waals surface area (Å²) < 4.78 is 33.2. The van der Waals surface area contributed by atoms with Gasteiger partial charge in [0.2, 0.25) is 0 Å². The van der Waals surface area contributed by atoms with Gasteiger partial charge in [0.15, 0.2) is 0 Å². The number of carbonyl (C=O) groups is 1. The van der Waals surface area contributed by atoms with Gasteiger partial charge in [0.25, 0.3) is 10.0 Å².